The van der Waals surface area contributed by atoms with Crippen LogP contribution in [0.2, 0.25) is 0 Å². The Balaban J connectivity index is 1.53. The van der Waals surface area contributed by atoms with Crippen molar-refractivity contribution in [2.75, 3.05) is 18.5 Å². The molecule has 0 atom stereocenters. The van der Waals surface area contributed by atoms with E-state index in [2.05, 4.69) is 10.4 Å². The van der Waals surface area contributed by atoms with Crippen LogP contribution in [-0.2, 0) is 6.54 Å². The molecule has 0 radical (unpaired) electrons. The lowest BCUT2D eigenvalue weighted by Gasteiger charge is -2.19. The Morgan fingerprint density at radius 1 is 0.903 bits per heavy atom. The summed E-state index contributed by atoms with van der Waals surface area (Å²) in [5, 5.41) is 8.23. The molecule has 2 heterocycles. The van der Waals surface area contributed by atoms with E-state index in [9.17, 15) is 9.59 Å². The summed E-state index contributed by atoms with van der Waals surface area (Å²) in [5.74, 6) is 0.815. The van der Waals surface area contributed by atoms with Gasteiger partial charge in [-0.25, -0.2) is 4.68 Å². The monoisotopic (exact) mass is 413 g/mol. The first-order valence-corrected chi connectivity index (χ1v) is 9.94. The van der Waals surface area contributed by atoms with E-state index in [4.69, 9.17) is 9.47 Å². The van der Waals surface area contributed by atoms with Crippen LogP contribution in [0.3, 0.4) is 0 Å². The number of rotatable bonds is 4. The zero-order chi connectivity index (χ0) is 21.2. The van der Waals surface area contributed by atoms with Gasteiger partial charge in [-0.1, -0.05) is 48.5 Å². The number of benzene rings is 3. The van der Waals surface area contributed by atoms with Crippen molar-refractivity contribution in [1.29, 1.82) is 0 Å². The van der Waals surface area contributed by atoms with E-state index in [1.807, 2.05) is 30.3 Å². The first-order chi connectivity index (χ1) is 15.2. The third-order valence-electron chi connectivity index (χ3n) is 5.06. The van der Waals surface area contributed by atoms with Crippen molar-refractivity contribution in [3.63, 3.8) is 0 Å². The Kier molecular flexibility index (Phi) is 4.84. The highest BCUT2D eigenvalue weighted by Crippen LogP contribution is 2.32. The summed E-state index contributed by atoms with van der Waals surface area (Å²) < 4.78 is 12.4. The summed E-state index contributed by atoms with van der Waals surface area (Å²) >= 11 is 0. The maximum atomic E-state index is 13.2. The van der Waals surface area contributed by atoms with Gasteiger partial charge in [0.2, 0.25) is 0 Å². The summed E-state index contributed by atoms with van der Waals surface area (Å²) in [6.07, 6.45) is 0. The number of nitrogens with one attached hydrogen (secondary N) is 1. The van der Waals surface area contributed by atoms with Crippen molar-refractivity contribution in [2.45, 2.75) is 6.54 Å². The number of ether oxygens (including phenoxy) is 2. The molecule has 0 bridgehead atoms. The standard InChI is InChI=1S/C24H19N3O4/c28-23(25-17-10-11-20-21(14-17)31-13-12-30-20)22-18-8-4-5-9-19(18)24(29)27(26-22)15-16-6-2-1-3-7-16/h1-11,14H,12-13,15H2,(H,25,28). The number of carbonyl (C=O) groups is 1. The van der Waals surface area contributed by atoms with Crippen LogP contribution in [0.1, 0.15) is 16.1 Å². The molecule has 0 saturated heterocycles. The van der Waals surface area contributed by atoms with Crippen LogP contribution in [0.25, 0.3) is 10.8 Å². The number of anilines is 1. The molecular formula is C24H19N3O4. The van der Waals surface area contributed by atoms with E-state index in [1.165, 1.54) is 4.68 Å². The second-order valence-corrected chi connectivity index (χ2v) is 7.16. The molecule has 1 N–H and O–H groups in total. The highest BCUT2D eigenvalue weighted by atomic mass is 16.6. The fourth-order valence-electron chi connectivity index (χ4n) is 3.58. The number of hydrogen-bond donors (Lipinski definition) is 1. The Labute approximate surface area is 177 Å². The van der Waals surface area contributed by atoms with Gasteiger partial charge >= 0.3 is 0 Å². The summed E-state index contributed by atoms with van der Waals surface area (Å²) in [7, 11) is 0. The Hall–Kier alpha value is -4.13. The highest BCUT2D eigenvalue weighted by molar-refractivity contribution is 6.11. The van der Waals surface area contributed by atoms with Crippen LogP contribution in [0.4, 0.5) is 5.69 Å². The fraction of sp³-hybridized carbons (Fsp3) is 0.125. The molecule has 0 unspecified atom stereocenters. The lowest BCUT2D eigenvalue weighted by molar-refractivity contribution is 0.102. The molecule has 0 spiro atoms. The molecule has 1 amide bonds. The third kappa shape index (κ3) is 3.73. The molecule has 1 aromatic heterocycles. The topological polar surface area (TPSA) is 82.4 Å². The van der Waals surface area contributed by atoms with Crippen molar-refractivity contribution in [2.24, 2.45) is 0 Å². The van der Waals surface area contributed by atoms with Crippen LogP contribution in [0, 0.1) is 0 Å². The summed E-state index contributed by atoms with van der Waals surface area (Å²) in [6, 6.07) is 21.8. The first-order valence-electron chi connectivity index (χ1n) is 9.94. The normalized spacial score (nSPS) is 12.5. The maximum Gasteiger partial charge on any atom is 0.276 e. The van der Waals surface area contributed by atoms with Crippen LogP contribution >= 0.6 is 0 Å². The molecular weight excluding hydrogens is 394 g/mol. The highest BCUT2D eigenvalue weighted by Gasteiger charge is 2.18. The zero-order valence-corrected chi connectivity index (χ0v) is 16.6. The van der Waals surface area contributed by atoms with Gasteiger partial charge in [0.25, 0.3) is 11.5 Å². The molecule has 0 aliphatic carbocycles. The Morgan fingerprint density at radius 2 is 1.61 bits per heavy atom. The lowest BCUT2D eigenvalue weighted by Crippen LogP contribution is -2.28. The molecule has 31 heavy (non-hydrogen) atoms. The van der Waals surface area contributed by atoms with Crippen molar-refractivity contribution in [3.8, 4) is 11.5 Å². The average molecular weight is 413 g/mol. The quantitative estimate of drug-likeness (QED) is 0.554. The third-order valence-corrected chi connectivity index (χ3v) is 5.06. The fourth-order valence-corrected chi connectivity index (χ4v) is 3.58. The molecule has 3 aromatic carbocycles. The maximum absolute atomic E-state index is 13.2. The molecule has 1 aliphatic rings. The number of nitrogens with zero attached hydrogens (tertiary/aromatic N) is 2. The minimum absolute atomic E-state index is 0.182. The Bertz CT molecular complexity index is 1330. The van der Waals surface area contributed by atoms with Gasteiger partial charge in [-0.15, -0.1) is 0 Å². The van der Waals surface area contributed by atoms with Gasteiger partial charge in [0.1, 0.15) is 13.2 Å². The van der Waals surface area contributed by atoms with Gasteiger partial charge in [0.15, 0.2) is 17.2 Å². The predicted octanol–water partition coefficient (Wildman–Crippen LogP) is 3.47. The summed E-state index contributed by atoms with van der Waals surface area (Å²) in [6.45, 7) is 1.23. The largest absolute Gasteiger partial charge is 0.486 e. The van der Waals surface area contributed by atoms with Gasteiger partial charge in [0.05, 0.1) is 11.9 Å². The summed E-state index contributed by atoms with van der Waals surface area (Å²) in [5.41, 5.74) is 1.42. The van der Waals surface area contributed by atoms with E-state index in [0.29, 0.717) is 41.2 Å². The number of hydrogen-bond acceptors (Lipinski definition) is 5. The number of carbonyl (C=O) groups excluding carboxylic acids is 1. The molecule has 5 rings (SSSR count). The van der Waals surface area contributed by atoms with Crippen molar-refractivity contribution < 1.29 is 14.3 Å². The van der Waals surface area contributed by atoms with Crippen molar-refractivity contribution in [3.05, 3.63) is 94.4 Å². The second kappa shape index (κ2) is 7.95. The molecule has 0 saturated carbocycles. The van der Waals surface area contributed by atoms with Gasteiger partial charge < -0.3 is 14.8 Å². The minimum Gasteiger partial charge on any atom is -0.486 e. The van der Waals surface area contributed by atoms with Crippen molar-refractivity contribution >= 4 is 22.4 Å². The average Bonchev–Trinajstić information content (AvgIpc) is 2.81. The SMILES string of the molecule is O=C(Nc1ccc2c(c1)OCCO2)c1nn(Cc2ccccc2)c(=O)c2ccccc12. The lowest BCUT2D eigenvalue weighted by atomic mass is 10.1. The van der Waals surface area contributed by atoms with Gasteiger partial charge in [0, 0.05) is 17.1 Å². The van der Waals surface area contributed by atoms with Gasteiger partial charge in [-0.2, -0.15) is 5.10 Å². The minimum atomic E-state index is -0.408. The van der Waals surface area contributed by atoms with E-state index < -0.39 is 5.91 Å². The second-order valence-electron chi connectivity index (χ2n) is 7.16. The molecule has 7 heteroatoms. The van der Waals surface area contributed by atoms with Gasteiger partial charge in [-0.05, 0) is 23.8 Å². The number of aromatic nitrogens is 2. The van der Waals surface area contributed by atoms with E-state index in [0.717, 1.165) is 5.56 Å². The summed E-state index contributed by atoms with van der Waals surface area (Å²) in [4.78, 5) is 26.1. The van der Waals surface area contributed by atoms with Crippen LogP contribution in [-0.4, -0.2) is 28.9 Å². The van der Waals surface area contributed by atoms with Crippen LogP contribution in [0.5, 0.6) is 11.5 Å². The van der Waals surface area contributed by atoms with E-state index >= 15 is 0 Å². The van der Waals surface area contributed by atoms with Crippen LogP contribution < -0.4 is 20.3 Å². The van der Waals surface area contributed by atoms with Gasteiger partial charge in [-0.3, -0.25) is 9.59 Å². The smallest absolute Gasteiger partial charge is 0.276 e. The first kappa shape index (κ1) is 18.9. The predicted molar refractivity (Wildman–Crippen MR) is 117 cm³/mol. The number of amides is 1. The van der Waals surface area contributed by atoms with Crippen LogP contribution in [0.15, 0.2) is 77.6 Å². The molecule has 0 fully saturated rings. The zero-order valence-electron chi connectivity index (χ0n) is 16.6. The molecule has 7 nitrogen and oxygen atoms in total. The van der Waals surface area contributed by atoms with E-state index in [1.54, 1.807) is 42.5 Å². The number of fused-ring (bicyclic) bond motifs is 2. The molecule has 4 aromatic rings. The Morgan fingerprint density at radius 3 is 2.42 bits per heavy atom. The molecule has 1 aliphatic heterocycles. The van der Waals surface area contributed by atoms with Crippen molar-refractivity contribution in [1.82, 2.24) is 9.78 Å². The van der Waals surface area contributed by atoms with E-state index in [-0.39, 0.29) is 17.8 Å². The molecule has 154 valence electrons.